The number of carbonyl (C=O) groups excluding carboxylic acids is 1. The van der Waals surface area contributed by atoms with E-state index in [2.05, 4.69) is 25.5 Å². The number of hydrogen-bond acceptors (Lipinski definition) is 4. The van der Waals surface area contributed by atoms with E-state index in [-0.39, 0.29) is 5.91 Å². The van der Waals surface area contributed by atoms with Gasteiger partial charge in [0.25, 0.3) is 0 Å². The van der Waals surface area contributed by atoms with E-state index >= 15 is 0 Å². The van der Waals surface area contributed by atoms with Crippen LogP contribution in [0.4, 0.5) is 5.82 Å². The van der Waals surface area contributed by atoms with Crippen molar-refractivity contribution in [3.05, 3.63) is 59.7 Å². The van der Waals surface area contributed by atoms with Crippen molar-refractivity contribution in [3.63, 3.8) is 0 Å². The first-order valence-corrected chi connectivity index (χ1v) is 7.80. The van der Waals surface area contributed by atoms with Gasteiger partial charge in [-0.2, -0.15) is 5.10 Å². The fourth-order valence-electron chi connectivity index (χ4n) is 2.42. The summed E-state index contributed by atoms with van der Waals surface area (Å²) >= 11 is 0. The number of aromatic amines is 1. The molecule has 2 N–H and O–H groups in total. The van der Waals surface area contributed by atoms with Crippen LogP contribution in [0.1, 0.15) is 23.2 Å². The molecule has 0 aromatic carbocycles. The zero-order chi connectivity index (χ0) is 16.9. The Bertz CT molecular complexity index is 824. The van der Waals surface area contributed by atoms with Gasteiger partial charge in [0.05, 0.1) is 5.69 Å². The Morgan fingerprint density at radius 2 is 1.96 bits per heavy atom. The molecule has 122 valence electrons. The largest absolute Gasteiger partial charge is 0.309 e. The summed E-state index contributed by atoms with van der Waals surface area (Å²) in [7, 11) is 0. The van der Waals surface area contributed by atoms with Gasteiger partial charge in [-0.05, 0) is 44.0 Å². The molecule has 0 atom stereocenters. The average Bonchev–Trinajstić information content (AvgIpc) is 2.96. The molecule has 0 saturated heterocycles. The molecule has 0 saturated carbocycles. The monoisotopic (exact) mass is 321 g/mol. The third-order valence-electron chi connectivity index (χ3n) is 3.85. The lowest BCUT2D eigenvalue weighted by atomic mass is 10.1. The molecule has 0 spiro atoms. The molecule has 3 rings (SSSR count). The minimum absolute atomic E-state index is 0.0635. The zero-order valence-electron chi connectivity index (χ0n) is 13.7. The van der Waals surface area contributed by atoms with E-state index in [4.69, 9.17) is 0 Å². The average molecular weight is 321 g/mol. The van der Waals surface area contributed by atoms with Crippen LogP contribution in [0, 0.1) is 13.8 Å². The number of anilines is 1. The van der Waals surface area contributed by atoms with Crippen LogP contribution in [0.15, 0.2) is 42.9 Å². The Hall–Kier alpha value is -3.02. The van der Waals surface area contributed by atoms with Crippen LogP contribution in [0.25, 0.3) is 11.3 Å². The number of pyridine rings is 2. The summed E-state index contributed by atoms with van der Waals surface area (Å²) in [5.41, 5.74) is 4.80. The van der Waals surface area contributed by atoms with Crippen LogP contribution in [0.5, 0.6) is 0 Å². The summed E-state index contributed by atoms with van der Waals surface area (Å²) in [6, 6.07) is 7.75. The Balaban J connectivity index is 1.63. The van der Waals surface area contributed by atoms with E-state index in [1.807, 2.05) is 44.3 Å². The van der Waals surface area contributed by atoms with Crippen LogP contribution in [-0.2, 0) is 11.2 Å². The quantitative estimate of drug-likeness (QED) is 0.756. The van der Waals surface area contributed by atoms with Crippen LogP contribution in [0.2, 0.25) is 0 Å². The molecule has 3 aromatic rings. The summed E-state index contributed by atoms with van der Waals surface area (Å²) in [5.74, 6) is 0.500. The van der Waals surface area contributed by atoms with Crippen molar-refractivity contribution >= 4 is 11.7 Å². The van der Waals surface area contributed by atoms with Gasteiger partial charge in [0.1, 0.15) is 0 Å². The lowest BCUT2D eigenvalue weighted by Crippen LogP contribution is -2.13. The highest BCUT2D eigenvalue weighted by molar-refractivity contribution is 5.91. The molecule has 3 heterocycles. The SMILES string of the molecule is Cc1ccc(CCC(=O)Nc2n[nH]c(-c3ccncc3)c2C)cn1. The van der Waals surface area contributed by atoms with E-state index in [0.717, 1.165) is 28.1 Å². The van der Waals surface area contributed by atoms with E-state index in [0.29, 0.717) is 18.7 Å². The number of carbonyl (C=O) groups is 1. The van der Waals surface area contributed by atoms with Crippen LogP contribution < -0.4 is 5.32 Å². The van der Waals surface area contributed by atoms with Crippen molar-refractivity contribution in [2.45, 2.75) is 26.7 Å². The van der Waals surface area contributed by atoms with Gasteiger partial charge >= 0.3 is 0 Å². The molecule has 0 aliphatic carbocycles. The standard InChI is InChI=1S/C18H19N5O/c1-12-3-4-14(11-20-12)5-6-16(24)21-18-13(2)17(22-23-18)15-7-9-19-10-8-15/h3-4,7-11H,5-6H2,1-2H3,(H2,21,22,23,24). The number of amides is 1. The number of aromatic nitrogens is 4. The van der Waals surface area contributed by atoms with Gasteiger partial charge < -0.3 is 5.32 Å². The summed E-state index contributed by atoms with van der Waals surface area (Å²) < 4.78 is 0. The van der Waals surface area contributed by atoms with Crippen molar-refractivity contribution in [1.29, 1.82) is 0 Å². The smallest absolute Gasteiger partial charge is 0.225 e. The third-order valence-corrected chi connectivity index (χ3v) is 3.85. The van der Waals surface area contributed by atoms with Crippen molar-refractivity contribution in [1.82, 2.24) is 20.2 Å². The molecule has 0 radical (unpaired) electrons. The second-order valence-corrected chi connectivity index (χ2v) is 5.66. The van der Waals surface area contributed by atoms with Gasteiger partial charge in [-0.1, -0.05) is 6.07 Å². The van der Waals surface area contributed by atoms with Crippen LogP contribution in [0.3, 0.4) is 0 Å². The minimum Gasteiger partial charge on any atom is -0.309 e. The van der Waals surface area contributed by atoms with Crippen molar-refractivity contribution in [2.24, 2.45) is 0 Å². The highest BCUT2D eigenvalue weighted by Crippen LogP contribution is 2.25. The predicted octanol–water partition coefficient (Wildman–Crippen LogP) is 3.05. The molecule has 6 nitrogen and oxygen atoms in total. The second kappa shape index (κ2) is 7.04. The molecule has 0 bridgehead atoms. The Labute approximate surface area is 140 Å². The number of nitrogens with one attached hydrogen (secondary N) is 2. The number of aryl methyl sites for hydroxylation is 2. The first-order chi connectivity index (χ1) is 11.6. The zero-order valence-corrected chi connectivity index (χ0v) is 13.7. The molecule has 0 fully saturated rings. The van der Waals surface area contributed by atoms with Crippen molar-refractivity contribution < 1.29 is 4.79 Å². The topological polar surface area (TPSA) is 83.6 Å². The molecule has 0 unspecified atom stereocenters. The van der Waals surface area contributed by atoms with Gasteiger partial charge in [-0.3, -0.25) is 19.9 Å². The highest BCUT2D eigenvalue weighted by Gasteiger charge is 2.13. The van der Waals surface area contributed by atoms with Gasteiger partial charge in [-0.25, -0.2) is 0 Å². The van der Waals surface area contributed by atoms with E-state index in [1.54, 1.807) is 12.4 Å². The normalized spacial score (nSPS) is 10.6. The third kappa shape index (κ3) is 3.65. The van der Waals surface area contributed by atoms with E-state index < -0.39 is 0 Å². The van der Waals surface area contributed by atoms with Gasteiger partial charge in [-0.15, -0.1) is 0 Å². The minimum atomic E-state index is -0.0635. The number of H-pyrrole nitrogens is 1. The second-order valence-electron chi connectivity index (χ2n) is 5.66. The van der Waals surface area contributed by atoms with E-state index in [1.165, 1.54) is 0 Å². The van der Waals surface area contributed by atoms with Crippen molar-refractivity contribution in [3.8, 4) is 11.3 Å². The Morgan fingerprint density at radius 3 is 2.67 bits per heavy atom. The summed E-state index contributed by atoms with van der Waals surface area (Å²) in [5, 5.41) is 10.0. The highest BCUT2D eigenvalue weighted by atomic mass is 16.1. The van der Waals surface area contributed by atoms with Crippen molar-refractivity contribution in [2.75, 3.05) is 5.32 Å². The summed E-state index contributed by atoms with van der Waals surface area (Å²) in [6.45, 7) is 3.87. The lowest BCUT2D eigenvalue weighted by Gasteiger charge is -2.04. The Kier molecular flexibility index (Phi) is 4.65. The molecular formula is C18H19N5O. The van der Waals surface area contributed by atoms with Crippen LogP contribution >= 0.6 is 0 Å². The van der Waals surface area contributed by atoms with Crippen LogP contribution in [-0.4, -0.2) is 26.1 Å². The molecule has 1 amide bonds. The van der Waals surface area contributed by atoms with E-state index in [9.17, 15) is 4.79 Å². The predicted molar refractivity (Wildman–Crippen MR) is 92.5 cm³/mol. The fraction of sp³-hybridized carbons (Fsp3) is 0.222. The molecule has 6 heteroatoms. The van der Waals surface area contributed by atoms with Gasteiger partial charge in [0.2, 0.25) is 5.91 Å². The number of nitrogens with zero attached hydrogens (tertiary/aromatic N) is 3. The fourth-order valence-corrected chi connectivity index (χ4v) is 2.42. The summed E-state index contributed by atoms with van der Waals surface area (Å²) in [4.78, 5) is 20.4. The number of hydrogen-bond donors (Lipinski definition) is 2. The molecule has 3 aromatic heterocycles. The first kappa shape index (κ1) is 15.9. The lowest BCUT2D eigenvalue weighted by molar-refractivity contribution is -0.116. The molecule has 0 aliphatic rings. The summed E-state index contributed by atoms with van der Waals surface area (Å²) in [6.07, 6.45) is 6.30. The molecular weight excluding hydrogens is 302 g/mol. The molecule has 24 heavy (non-hydrogen) atoms. The maximum Gasteiger partial charge on any atom is 0.225 e. The Morgan fingerprint density at radius 1 is 1.17 bits per heavy atom. The number of rotatable bonds is 5. The van der Waals surface area contributed by atoms with Gasteiger partial charge in [0.15, 0.2) is 5.82 Å². The first-order valence-electron chi connectivity index (χ1n) is 7.80. The van der Waals surface area contributed by atoms with Gasteiger partial charge in [0, 0.05) is 41.8 Å². The maximum atomic E-state index is 12.2. The molecule has 0 aliphatic heterocycles. The maximum absolute atomic E-state index is 12.2.